The number of nitrogens with zero attached hydrogens (tertiary/aromatic N) is 1. The third kappa shape index (κ3) is 4.34. The van der Waals surface area contributed by atoms with Gasteiger partial charge in [0.25, 0.3) is 0 Å². The predicted molar refractivity (Wildman–Crippen MR) is 143 cm³/mol. The maximum atomic E-state index is 10.5. The number of aromatic nitrogens is 1. The second-order valence-electron chi connectivity index (χ2n) is 8.64. The molecule has 1 aliphatic rings. The summed E-state index contributed by atoms with van der Waals surface area (Å²) in [5.74, 6) is 0.938. The van der Waals surface area contributed by atoms with Crippen molar-refractivity contribution in [3.8, 4) is 33.9 Å². The molecule has 0 fully saturated rings. The van der Waals surface area contributed by atoms with Crippen LogP contribution in [0.3, 0.4) is 0 Å². The maximum absolute atomic E-state index is 10.5. The van der Waals surface area contributed by atoms with Crippen molar-refractivity contribution >= 4 is 27.1 Å². The number of rotatable bonds is 7. The minimum Gasteiger partial charge on any atom is -0.507 e. The number of nitrogens with one attached hydrogen (secondary N) is 2. The van der Waals surface area contributed by atoms with E-state index in [9.17, 15) is 5.11 Å². The molecule has 6 rings (SSSR count). The highest BCUT2D eigenvalue weighted by Gasteiger charge is 2.17. The lowest BCUT2D eigenvalue weighted by atomic mass is 9.97. The van der Waals surface area contributed by atoms with Crippen molar-refractivity contribution in [2.75, 3.05) is 12.0 Å². The van der Waals surface area contributed by atoms with Gasteiger partial charge in [0.1, 0.15) is 11.5 Å². The van der Waals surface area contributed by atoms with Crippen molar-refractivity contribution in [3.05, 3.63) is 95.5 Å². The van der Waals surface area contributed by atoms with Crippen LogP contribution in [0.25, 0.3) is 32.5 Å². The Morgan fingerprint density at radius 3 is 2.80 bits per heavy atom. The molecule has 35 heavy (non-hydrogen) atoms. The van der Waals surface area contributed by atoms with Crippen LogP contribution in [-0.2, 0) is 13.0 Å². The van der Waals surface area contributed by atoms with Gasteiger partial charge in [-0.15, -0.1) is 11.3 Å². The summed E-state index contributed by atoms with van der Waals surface area (Å²) in [5, 5.41) is 14.1. The number of hydrazine groups is 1. The Balaban J connectivity index is 1.25. The van der Waals surface area contributed by atoms with E-state index in [-0.39, 0.29) is 5.75 Å². The van der Waals surface area contributed by atoms with Gasteiger partial charge in [0, 0.05) is 22.4 Å². The summed E-state index contributed by atoms with van der Waals surface area (Å²) in [7, 11) is 0. The van der Waals surface area contributed by atoms with E-state index in [0.717, 1.165) is 47.6 Å². The molecule has 0 bridgehead atoms. The molecule has 3 heterocycles. The Morgan fingerprint density at radius 2 is 1.86 bits per heavy atom. The predicted octanol–water partition coefficient (Wildman–Crippen LogP) is 6.78. The first-order chi connectivity index (χ1) is 17.3. The Morgan fingerprint density at radius 1 is 0.971 bits per heavy atom. The first kappa shape index (κ1) is 21.6. The average Bonchev–Trinajstić information content (AvgIpc) is 3.53. The van der Waals surface area contributed by atoms with Crippen molar-refractivity contribution in [3.63, 3.8) is 0 Å². The van der Waals surface area contributed by atoms with Crippen molar-refractivity contribution in [2.45, 2.75) is 19.4 Å². The number of pyridine rings is 1. The molecule has 5 aromatic rings. The van der Waals surface area contributed by atoms with Crippen LogP contribution in [0.2, 0.25) is 0 Å². The van der Waals surface area contributed by atoms with Gasteiger partial charge in [-0.3, -0.25) is 4.98 Å². The number of phenols is 1. The summed E-state index contributed by atoms with van der Waals surface area (Å²) in [6.45, 7) is 1.37. The number of fused-ring (bicyclic) bond motifs is 2. The van der Waals surface area contributed by atoms with E-state index >= 15 is 0 Å². The van der Waals surface area contributed by atoms with Crippen molar-refractivity contribution in [1.29, 1.82) is 0 Å². The molecular weight excluding hydrogens is 454 g/mol. The summed E-state index contributed by atoms with van der Waals surface area (Å²) in [6, 6.07) is 24.2. The minimum absolute atomic E-state index is 0.211. The number of benzene rings is 3. The third-order valence-corrected chi connectivity index (χ3v) is 7.37. The number of ether oxygens (including phenoxy) is 1. The molecule has 3 N–H and O–H groups in total. The Bertz CT molecular complexity index is 1510. The summed E-state index contributed by atoms with van der Waals surface area (Å²) < 4.78 is 7.48. The monoisotopic (exact) mass is 479 g/mol. The van der Waals surface area contributed by atoms with Crippen molar-refractivity contribution < 1.29 is 9.84 Å². The van der Waals surface area contributed by atoms with E-state index in [2.05, 4.69) is 58.7 Å². The van der Waals surface area contributed by atoms with Crippen LogP contribution in [0.15, 0.2) is 84.4 Å². The van der Waals surface area contributed by atoms with Crippen LogP contribution in [0.1, 0.15) is 17.5 Å². The topological polar surface area (TPSA) is 66.4 Å². The highest BCUT2D eigenvalue weighted by atomic mass is 32.1. The van der Waals surface area contributed by atoms with Gasteiger partial charge in [0.05, 0.1) is 24.2 Å². The molecule has 0 saturated carbocycles. The Kier molecular flexibility index (Phi) is 5.82. The highest BCUT2D eigenvalue weighted by molar-refractivity contribution is 7.17. The Labute approximate surface area is 208 Å². The summed E-state index contributed by atoms with van der Waals surface area (Å²) in [5.41, 5.74) is 13.4. The molecule has 0 spiro atoms. The normalized spacial score (nSPS) is 12.5. The van der Waals surface area contributed by atoms with Crippen molar-refractivity contribution in [2.24, 2.45) is 0 Å². The second-order valence-corrected chi connectivity index (χ2v) is 9.56. The SMILES string of the molecule is Oc1ccccc1-c1ncc(OCCCc2csc3ccccc23)cc1-c1ccc2c(c1)CNN2. The largest absolute Gasteiger partial charge is 0.507 e. The van der Waals surface area contributed by atoms with Crippen LogP contribution >= 0.6 is 11.3 Å². The number of para-hydroxylation sites is 1. The molecule has 0 saturated heterocycles. The van der Waals surface area contributed by atoms with E-state index < -0.39 is 0 Å². The van der Waals surface area contributed by atoms with E-state index in [1.54, 1.807) is 23.6 Å². The molecule has 1 aliphatic heterocycles. The fourth-order valence-corrected chi connectivity index (χ4v) is 5.57. The van der Waals surface area contributed by atoms with Crippen LogP contribution in [0, 0.1) is 0 Å². The van der Waals surface area contributed by atoms with Gasteiger partial charge in [-0.1, -0.05) is 36.4 Å². The first-order valence-electron chi connectivity index (χ1n) is 11.7. The first-order valence-corrected chi connectivity index (χ1v) is 12.6. The van der Waals surface area contributed by atoms with Gasteiger partial charge in [0.15, 0.2) is 0 Å². The van der Waals surface area contributed by atoms with Crippen molar-refractivity contribution in [1.82, 2.24) is 10.4 Å². The molecule has 0 amide bonds. The van der Waals surface area contributed by atoms with Crippen LogP contribution < -0.4 is 15.6 Å². The van der Waals surface area contributed by atoms with E-state index in [0.29, 0.717) is 12.2 Å². The number of hydrogen-bond acceptors (Lipinski definition) is 6. The van der Waals surface area contributed by atoms with Gasteiger partial charge < -0.3 is 15.3 Å². The molecule has 0 radical (unpaired) electrons. The number of aryl methyl sites for hydroxylation is 1. The lowest BCUT2D eigenvalue weighted by Gasteiger charge is -2.14. The number of hydrogen-bond donors (Lipinski definition) is 3. The van der Waals surface area contributed by atoms with Gasteiger partial charge in [-0.2, -0.15) is 0 Å². The van der Waals surface area contributed by atoms with Gasteiger partial charge in [0.2, 0.25) is 0 Å². The number of aromatic hydroxyl groups is 1. The van der Waals surface area contributed by atoms with Gasteiger partial charge in [-0.05, 0) is 76.7 Å². The Hall–Kier alpha value is -3.87. The standard InChI is InChI=1S/C29H25N3O2S/c33-27-9-3-1-8-24(27)29-25(19-11-12-26-21(14-19)16-31-32-26)15-22(17-30-29)34-13-5-6-20-18-35-28-10-4-2-7-23(20)28/h1-4,7-12,14-15,17-18,31-33H,5-6,13,16H2. The number of phenolic OH excluding ortho intramolecular Hbond substituents is 1. The summed E-state index contributed by atoms with van der Waals surface area (Å²) in [6.07, 6.45) is 3.65. The molecule has 3 aromatic carbocycles. The second kappa shape index (κ2) is 9.41. The summed E-state index contributed by atoms with van der Waals surface area (Å²) >= 11 is 1.80. The molecular formula is C29H25N3O2S. The zero-order valence-corrected chi connectivity index (χ0v) is 19.9. The van der Waals surface area contributed by atoms with E-state index in [4.69, 9.17) is 9.72 Å². The lowest BCUT2D eigenvalue weighted by molar-refractivity contribution is 0.310. The van der Waals surface area contributed by atoms with Crippen LogP contribution in [0.5, 0.6) is 11.5 Å². The minimum atomic E-state index is 0.211. The molecule has 6 heteroatoms. The highest BCUT2D eigenvalue weighted by Crippen LogP contribution is 2.38. The smallest absolute Gasteiger partial charge is 0.138 e. The zero-order chi connectivity index (χ0) is 23.6. The third-order valence-electron chi connectivity index (χ3n) is 6.36. The van der Waals surface area contributed by atoms with E-state index in [1.807, 2.05) is 24.3 Å². The fourth-order valence-electron chi connectivity index (χ4n) is 4.58. The van der Waals surface area contributed by atoms with Crippen LogP contribution in [0.4, 0.5) is 5.69 Å². The number of thiophene rings is 1. The summed E-state index contributed by atoms with van der Waals surface area (Å²) in [4.78, 5) is 4.73. The molecule has 0 unspecified atom stereocenters. The molecule has 174 valence electrons. The fraction of sp³-hybridized carbons (Fsp3) is 0.138. The van der Waals surface area contributed by atoms with Gasteiger partial charge >= 0.3 is 0 Å². The van der Waals surface area contributed by atoms with Gasteiger partial charge in [-0.25, -0.2) is 5.43 Å². The molecule has 5 nitrogen and oxygen atoms in total. The van der Waals surface area contributed by atoms with Crippen LogP contribution in [-0.4, -0.2) is 16.7 Å². The van der Waals surface area contributed by atoms with E-state index in [1.165, 1.54) is 21.2 Å². The molecule has 0 aliphatic carbocycles. The number of anilines is 1. The molecule has 0 atom stereocenters. The zero-order valence-electron chi connectivity index (χ0n) is 19.1. The average molecular weight is 480 g/mol. The lowest BCUT2D eigenvalue weighted by Crippen LogP contribution is -2.10. The molecule has 2 aromatic heterocycles. The maximum Gasteiger partial charge on any atom is 0.138 e. The quantitative estimate of drug-likeness (QED) is 0.225.